The Hall–Kier alpha value is -2.49. The lowest BCUT2D eigenvalue weighted by atomic mass is 10.2. The summed E-state index contributed by atoms with van der Waals surface area (Å²) >= 11 is 0. The van der Waals surface area contributed by atoms with Gasteiger partial charge in [-0.15, -0.1) is 0 Å². The highest BCUT2D eigenvalue weighted by Gasteiger charge is 2.03. The molecule has 0 fully saturated rings. The van der Waals surface area contributed by atoms with E-state index in [0.29, 0.717) is 13.2 Å². The number of ether oxygens (including phenoxy) is 1. The summed E-state index contributed by atoms with van der Waals surface area (Å²) in [6, 6.07) is 14.6. The van der Waals surface area contributed by atoms with Crippen molar-refractivity contribution in [1.82, 2.24) is 0 Å². The molecule has 2 aromatic rings. The number of hydrogen-bond donors (Lipinski definition) is 2. The van der Waals surface area contributed by atoms with Crippen molar-refractivity contribution in [2.24, 2.45) is 0 Å². The molecule has 0 saturated carbocycles. The Kier molecular flexibility index (Phi) is 4.60. The number of benzene rings is 2. The first kappa shape index (κ1) is 13.9. The van der Waals surface area contributed by atoms with Gasteiger partial charge in [0, 0.05) is 12.2 Å². The number of anilines is 1. The smallest absolute Gasteiger partial charge is 0.335 e. The SMILES string of the molecule is CCOc1cccc(CNc2cccc(C(=O)O)c2)c1. The first-order valence-corrected chi connectivity index (χ1v) is 6.48. The molecule has 0 aliphatic heterocycles. The predicted molar refractivity (Wildman–Crippen MR) is 78.3 cm³/mol. The van der Waals surface area contributed by atoms with Gasteiger partial charge in [-0.25, -0.2) is 4.79 Å². The Morgan fingerprint density at radius 3 is 2.75 bits per heavy atom. The highest BCUT2D eigenvalue weighted by atomic mass is 16.5. The van der Waals surface area contributed by atoms with Crippen LogP contribution in [0.1, 0.15) is 22.8 Å². The monoisotopic (exact) mass is 271 g/mol. The van der Waals surface area contributed by atoms with Crippen LogP contribution in [-0.2, 0) is 6.54 Å². The molecule has 4 nitrogen and oxygen atoms in total. The van der Waals surface area contributed by atoms with Crippen molar-refractivity contribution in [3.63, 3.8) is 0 Å². The molecule has 4 heteroatoms. The summed E-state index contributed by atoms with van der Waals surface area (Å²) in [5, 5.41) is 12.2. The minimum Gasteiger partial charge on any atom is -0.494 e. The highest BCUT2D eigenvalue weighted by Crippen LogP contribution is 2.16. The van der Waals surface area contributed by atoms with E-state index < -0.39 is 5.97 Å². The number of nitrogens with one attached hydrogen (secondary N) is 1. The molecule has 20 heavy (non-hydrogen) atoms. The van der Waals surface area contributed by atoms with Crippen LogP contribution in [0.5, 0.6) is 5.75 Å². The Bertz CT molecular complexity index is 596. The van der Waals surface area contributed by atoms with Crippen molar-refractivity contribution in [3.8, 4) is 5.75 Å². The average Bonchev–Trinajstić information content (AvgIpc) is 2.46. The molecule has 0 unspecified atom stereocenters. The van der Waals surface area contributed by atoms with Crippen molar-refractivity contribution in [1.29, 1.82) is 0 Å². The molecular formula is C16H17NO3. The van der Waals surface area contributed by atoms with Gasteiger partial charge in [0.05, 0.1) is 12.2 Å². The third-order valence-corrected chi connectivity index (χ3v) is 2.82. The van der Waals surface area contributed by atoms with Crippen LogP contribution in [0.25, 0.3) is 0 Å². The first-order valence-electron chi connectivity index (χ1n) is 6.48. The Balaban J connectivity index is 2.03. The molecule has 0 aliphatic carbocycles. The van der Waals surface area contributed by atoms with Gasteiger partial charge in [0.2, 0.25) is 0 Å². The fraction of sp³-hybridized carbons (Fsp3) is 0.188. The van der Waals surface area contributed by atoms with Gasteiger partial charge >= 0.3 is 5.97 Å². The van der Waals surface area contributed by atoms with Crippen LogP contribution in [0.15, 0.2) is 48.5 Å². The fourth-order valence-electron chi connectivity index (χ4n) is 1.88. The number of rotatable bonds is 6. The van der Waals surface area contributed by atoms with E-state index >= 15 is 0 Å². The second-order valence-electron chi connectivity index (χ2n) is 4.32. The number of carboxylic acid groups (broad SMARTS) is 1. The van der Waals surface area contributed by atoms with Crippen LogP contribution < -0.4 is 10.1 Å². The topological polar surface area (TPSA) is 58.6 Å². The Morgan fingerprint density at radius 2 is 2.00 bits per heavy atom. The van der Waals surface area contributed by atoms with Crippen LogP contribution in [0.4, 0.5) is 5.69 Å². The van der Waals surface area contributed by atoms with Gasteiger partial charge in [0.25, 0.3) is 0 Å². The quantitative estimate of drug-likeness (QED) is 0.845. The summed E-state index contributed by atoms with van der Waals surface area (Å²) in [4.78, 5) is 10.9. The molecule has 0 saturated heterocycles. The molecule has 0 spiro atoms. The molecule has 0 aromatic heterocycles. The van der Waals surface area contributed by atoms with Crippen LogP contribution in [-0.4, -0.2) is 17.7 Å². The lowest BCUT2D eigenvalue weighted by molar-refractivity contribution is 0.0697. The van der Waals surface area contributed by atoms with Crippen molar-refractivity contribution in [2.45, 2.75) is 13.5 Å². The van der Waals surface area contributed by atoms with E-state index in [1.165, 1.54) is 0 Å². The number of hydrogen-bond acceptors (Lipinski definition) is 3. The van der Waals surface area contributed by atoms with E-state index in [4.69, 9.17) is 9.84 Å². The van der Waals surface area contributed by atoms with Crippen molar-refractivity contribution >= 4 is 11.7 Å². The third-order valence-electron chi connectivity index (χ3n) is 2.82. The average molecular weight is 271 g/mol. The molecule has 104 valence electrons. The minimum absolute atomic E-state index is 0.276. The van der Waals surface area contributed by atoms with Gasteiger partial charge in [-0.1, -0.05) is 18.2 Å². The summed E-state index contributed by atoms with van der Waals surface area (Å²) in [6.07, 6.45) is 0. The number of aromatic carboxylic acids is 1. The van der Waals surface area contributed by atoms with Gasteiger partial charge in [0.1, 0.15) is 5.75 Å². The molecule has 0 atom stereocenters. The lowest BCUT2D eigenvalue weighted by Gasteiger charge is -2.09. The second kappa shape index (κ2) is 6.61. The molecule has 2 N–H and O–H groups in total. The number of carbonyl (C=O) groups is 1. The molecule has 0 bridgehead atoms. The zero-order valence-electron chi connectivity index (χ0n) is 11.3. The summed E-state index contributed by atoms with van der Waals surface area (Å²) in [5.74, 6) is -0.0851. The van der Waals surface area contributed by atoms with Crippen LogP contribution in [0.3, 0.4) is 0 Å². The van der Waals surface area contributed by atoms with E-state index in [1.54, 1.807) is 18.2 Å². The number of carboxylic acids is 1. The zero-order valence-corrected chi connectivity index (χ0v) is 11.3. The molecule has 2 aromatic carbocycles. The van der Waals surface area contributed by atoms with E-state index in [0.717, 1.165) is 17.0 Å². The Morgan fingerprint density at radius 1 is 1.20 bits per heavy atom. The molecule has 2 rings (SSSR count). The van der Waals surface area contributed by atoms with E-state index in [-0.39, 0.29) is 5.56 Å². The zero-order chi connectivity index (χ0) is 14.4. The van der Waals surface area contributed by atoms with Crippen LogP contribution in [0, 0.1) is 0 Å². The van der Waals surface area contributed by atoms with Gasteiger partial charge in [-0.2, -0.15) is 0 Å². The maximum absolute atomic E-state index is 10.9. The molecule has 0 aliphatic rings. The summed E-state index contributed by atoms with van der Waals surface area (Å²) in [6.45, 7) is 3.20. The van der Waals surface area contributed by atoms with E-state index in [1.807, 2.05) is 37.3 Å². The van der Waals surface area contributed by atoms with Gasteiger partial charge < -0.3 is 15.2 Å². The van der Waals surface area contributed by atoms with Gasteiger partial charge in [0.15, 0.2) is 0 Å². The predicted octanol–water partition coefficient (Wildman–Crippen LogP) is 3.40. The first-order chi connectivity index (χ1) is 9.69. The van der Waals surface area contributed by atoms with Gasteiger partial charge in [-0.3, -0.25) is 0 Å². The second-order valence-corrected chi connectivity index (χ2v) is 4.32. The van der Waals surface area contributed by atoms with E-state index in [2.05, 4.69) is 5.32 Å². The normalized spacial score (nSPS) is 10.1. The van der Waals surface area contributed by atoms with E-state index in [9.17, 15) is 4.79 Å². The van der Waals surface area contributed by atoms with Crippen LogP contribution >= 0.6 is 0 Å². The van der Waals surface area contributed by atoms with Gasteiger partial charge in [-0.05, 0) is 42.8 Å². The molecule has 0 amide bonds. The molecule has 0 radical (unpaired) electrons. The summed E-state index contributed by atoms with van der Waals surface area (Å²) < 4.78 is 5.44. The van der Waals surface area contributed by atoms with Crippen molar-refractivity contribution < 1.29 is 14.6 Å². The Labute approximate surface area is 118 Å². The van der Waals surface area contributed by atoms with Crippen molar-refractivity contribution in [3.05, 3.63) is 59.7 Å². The third kappa shape index (κ3) is 3.75. The standard InChI is InChI=1S/C16H17NO3/c1-2-20-15-8-3-5-12(9-15)11-17-14-7-4-6-13(10-14)16(18)19/h3-10,17H,2,11H2,1H3,(H,18,19). The summed E-state index contributed by atoms with van der Waals surface area (Å²) in [7, 11) is 0. The largest absolute Gasteiger partial charge is 0.494 e. The fourth-order valence-corrected chi connectivity index (χ4v) is 1.88. The highest BCUT2D eigenvalue weighted by molar-refractivity contribution is 5.88. The minimum atomic E-state index is -0.924. The molecular weight excluding hydrogens is 254 g/mol. The summed E-state index contributed by atoms with van der Waals surface area (Å²) in [5.41, 5.74) is 2.14. The molecule has 0 heterocycles. The lowest BCUT2D eigenvalue weighted by Crippen LogP contribution is -2.02. The maximum atomic E-state index is 10.9. The van der Waals surface area contributed by atoms with Crippen LogP contribution in [0.2, 0.25) is 0 Å². The van der Waals surface area contributed by atoms with Crippen molar-refractivity contribution in [2.75, 3.05) is 11.9 Å². The maximum Gasteiger partial charge on any atom is 0.335 e.